The number of carbonyl (C=O) groups excluding carboxylic acids is 1. The summed E-state index contributed by atoms with van der Waals surface area (Å²) in [5.41, 5.74) is 0.699. The standard InChI is InChI=1S/C21H16FN3O3S2/c22-17-10-6-11-18-20(17)24-21(29-18)25(13-15-7-4-5-12-23-15)19(26)14-30(27,28)16-8-2-1-3-9-16/h1-12H,13-14H2. The molecule has 0 saturated heterocycles. The second-order valence-electron chi connectivity index (χ2n) is 6.46. The Bertz CT molecular complexity index is 1290. The van der Waals surface area contributed by atoms with Gasteiger partial charge in [-0.15, -0.1) is 0 Å². The van der Waals surface area contributed by atoms with E-state index in [1.807, 2.05) is 0 Å². The van der Waals surface area contributed by atoms with E-state index < -0.39 is 27.3 Å². The van der Waals surface area contributed by atoms with Crippen molar-refractivity contribution in [2.75, 3.05) is 10.7 Å². The summed E-state index contributed by atoms with van der Waals surface area (Å²) in [6.45, 7) is 0.0193. The molecule has 2 aromatic heterocycles. The van der Waals surface area contributed by atoms with Gasteiger partial charge in [0.2, 0.25) is 5.91 Å². The molecule has 0 fully saturated rings. The Morgan fingerprint density at radius 1 is 1.00 bits per heavy atom. The normalized spacial score (nSPS) is 11.5. The van der Waals surface area contributed by atoms with Gasteiger partial charge in [0.1, 0.15) is 17.1 Å². The molecule has 1 amide bonds. The molecule has 0 radical (unpaired) electrons. The first-order chi connectivity index (χ1) is 14.4. The van der Waals surface area contributed by atoms with Crippen LogP contribution in [-0.2, 0) is 21.2 Å². The van der Waals surface area contributed by atoms with E-state index in [4.69, 9.17) is 0 Å². The van der Waals surface area contributed by atoms with E-state index in [-0.39, 0.29) is 22.1 Å². The van der Waals surface area contributed by atoms with E-state index in [0.29, 0.717) is 10.4 Å². The molecule has 0 saturated carbocycles. The van der Waals surface area contributed by atoms with Gasteiger partial charge in [0.15, 0.2) is 15.0 Å². The monoisotopic (exact) mass is 441 g/mol. The highest BCUT2D eigenvalue weighted by Gasteiger charge is 2.27. The number of benzene rings is 2. The van der Waals surface area contributed by atoms with Crippen LogP contribution < -0.4 is 4.90 Å². The molecule has 152 valence electrons. The Morgan fingerprint density at radius 3 is 2.47 bits per heavy atom. The van der Waals surface area contributed by atoms with Crippen molar-refractivity contribution < 1.29 is 17.6 Å². The Labute approximate surface area is 176 Å². The summed E-state index contributed by atoms with van der Waals surface area (Å²) in [4.78, 5) is 22.9. The third-order valence-corrected chi connectivity index (χ3v) is 7.01. The predicted octanol–water partition coefficient (Wildman–Crippen LogP) is 3.84. The minimum Gasteiger partial charge on any atom is -0.281 e. The zero-order valence-electron chi connectivity index (χ0n) is 15.6. The Hall–Kier alpha value is -3.17. The molecular weight excluding hydrogens is 425 g/mol. The van der Waals surface area contributed by atoms with E-state index in [0.717, 1.165) is 11.3 Å². The van der Waals surface area contributed by atoms with Crippen LogP contribution in [0.1, 0.15) is 5.69 Å². The summed E-state index contributed by atoms with van der Waals surface area (Å²) in [6.07, 6.45) is 1.58. The van der Waals surface area contributed by atoms with Gasteiger partial charge in [-0.25, -0.2) is 17.8 Å². The van der Waals surface area contributed by atoms with Crippen LogP contribution in [-0.4, -0.2) is 30.0 Å². The van der Waals surface area contributed by atoms with E-state index in [2.05, 4.69) is 9.97 Å². The maximum absolute atomic E-state index is 14.1. The fourth-order valence-electron chi connectivity index (χ4n) is 2.89. The molecule has 30 heavy (non-hydrogen) atoms. The van der Waals surface area contributed by atoms with Crippen LogP contribution in [0.5, 0.6) is 0 Å². The summed E-state index contributed by atoms with van der Waals surface area (Å²) in [5.74, 6) is -1.90. The van der Waals surface area contributed by atoms with Crippen molar-refractivity contribution in [3.05, 3.63) is 84.4 Å². The van der Waals surface area contributed by atoms with Crippen LogP contribution in [0.4, 0.5) is 9.52 Å². The zero-order valence-corrected chi connectivity index (χ0v) is 17.2. The lowest BCUT2D eigenvalue weighted by molar-refractivity contribution is -0.116. The predicted molar refractivity (Wildman–Crippen MR) is 113 cm³/mol. The van der Waals surface area contributed by atoms with E-state index >= 15 is 0 Å². The van der Waals surface area contributed by atoms with Crippen molar-refractivity contribution in [3.8, 4) is 0 Å². The van der Waals surface area contributed by atoms with Crippen LogP contribution >= 0.6 is 11.3 Å². The van der Waals surface area contributed by atoms with E-state index in [9.17, 15) is 17.6 Å². The van der Waals surface area contributed by atoms with Gasteiger partial charge in [-0.3, -0.25) is 14.7 Å². The minimum absolute atomic E-state index is 0.0193. The van der Waals surface area contributed by atoms with Gasteiger partial charge in [-0.2, -0.15) is 0 Å². The van der Waals surface area contributed by atoms with Crippen LogP contribution in [0.15, 0.2) is 77.8 Å². The number of nitrogens with zero attached hydrogens (tertiary/aromatic N) is 3. The number of hydrogen-bond donors (Lipinski definition) is 0. The first kappa shape index (κ1) is 20.1. The third kappa shape index (κ3) is 4.22. The van der Waals surface area contributed by atoms with Crippen LogP contribution in [0.3, 0.4) is 0 Å². The molecule has 0 spiro atoms. The van der Waals surface area contributed by atoms with Crippen molar-refractivity contribution in [2.24, 2.45) is 0 Å². The lowest BCUT2D eigenvalue weighted by Crippen LogP contribution is -2.35. The van der Waals surface area contributed by atoms with Crippen molar-refractivity contribution in [2.45, 2.75) is 11.4 Å². The molecule has 6 nitrogen and oxygen atoms in total. The first-order valence-corrected chi connectivity index (χ1v) is 11.4. The number of para-hydroxylation sites is 1. The number of sulfone groups is 1. The maximum Gasteiger partial charge on any atom is 0.244 e. The fraction of sp³-hybridized carbons (Fsp3) is 0.0952. The molecule has 2 aromatic carbocycles. The minimum atomic E-state index is -3.85. The van der Waals surface area contributed by atoms with Crippen molar-refractivity contribution in [1.82, 2.24) is 9.97 Å². The molecule has 0 N–H and O–H groups in total. The molecule has 0 aliphatic carbocycles. The number of pyridine rings is 1. The molecule has 2 heterocycles. The molecule has 0 atom stereocenters. The summed E-state index contributed by atoms with van der Waals surface area (Å²) in [7, 11) is -3.85. The number of aromatic nitrogens is 2. The fourth-order valence-corrected chi connectivity index (χ4v) is 5.10. The molecule has 4 aromatic rings. The highest BCUT2D eigenvalue weighted by atomic mass is 32.2. The molecule has 0 aliphatic rings. The number of anilines is 1. The van der Waals surface area contributed by atoms with Crippen LogP contribution in [0, 0.1) is 5.82 Å². The molecule has 0 unspecified atom stereocenters. The maximum atomic E-state index is 14.1. The first-order valence-electron chi connectivity index (χ1n) is 8.97. The number of carbonyl (C=O) groups is 1. The zero-order chi connectivity index (χ0) is 21.1. The lowest BCUT2D eigenvalue weighted by atomic mass is 10.3. The van der Waals surface area contributed by atoms with Crippen molar-refractivity contribution in [3.63, 3.8) is 0 Å². The van der Waals surface area contributed by atoms with Gasteiger partial charge in [0.25, 0.3) is 0 Å². The Balaban J connectivity index is 1.71. The summed E-state index contributed by atoms with van der Waals surface area (Å²) >= 11 is 1.12. The van der Waals surface area contributed by atoms with Crippen molar-refractivity contribution in [1.29, 1.82) is 0 Å². The molecule has 0 bridgehead atoms. The SMILES string of the molecule is O=C(CS(=O)(=O)c1ccccc1)N(Cc1ccccn1)c1nc2c(F)cccc2s1. The van der Waals surface area contributed by atoms with Gasteiger partial charge in [0.05, 0.1) is 21.8 Å². The van der Waals surface area contributed by atoms with E-state index in [1.54, 1.807) is 54.7 Å². The second-order valence-corrected chi connectivity index (χ2v) is 9.45. The number of thiazole rings is 1. The van der Waals surface area contributed by atoms with E-state index in [1.165, 1.54) is 23.1 Å². The Morgan fingerprint density at radius 2 is 1.77 bits per heavy atom. The molecule has 9 heteroatoms. The van der Waals surface area contributed by atoms with Gasteiger partial charge >= 0.3 is 0 Å². The summed E-state index contributed by atoms with van der Waals surface area (Å²) < 4.78 is 40.1. The topological polar surface area (TPSA) is 80.2 Å². The number of rotatable bonds is 6. The number of halogens is 1. The quantitative estimate of drug-likeness (QED) is 0.454. The number of hydrogen-bond acceptors (Lipinski definition) is 6. The largest absolute Gasteiger partial charge is 0.281 e. The molecular formula is C21H16FN3O3S2. The lowest BCUT2D eigenvalue weighted by Gasteiger charge is -2.19. The molecule has 0 aliphatic heterocycles. The van der Waals surface area contributed by atoms with Crippen LogP contribution in [0.25, 0.3) is 10.2 Å². The van der Waals surface area contributed by atoms with Gasteiger partial charge in [-0.05, 0) is 36.4 Å². The van der Waals surface area contributed by atoms with Gasteiger partial charge < -0.3 is 0 Å². The second kappa shape index (κ2) is 8.29. The highest BCUT2D eigenvalue weighted by Crippen LogP contribution is 2.31. The summed E-state index contributed by atoms with van der Waals surface area (Å²) in [5, 5.41) is 0.217. The van der Waals surface area contributed by atoms with Gasteiger partial charge in [-0.1, -0.05) is 41.7 Å². The Kier molecular flexibility index (Phi) is 5.56. The van der Waals surface area contributed by atoms with Gasteiger partial charge in [0, 0.05) is 6.20 Å². The number of amides is 1. The smallest absolute Gasteiger partial charge is 0.244 e. The highest BCUT2D eigenvalue weighted by molar-refractivity contribution is 7.92. The average molecular weight is 442 g/mol. The van der Waals surface area contributed by atoms with Crippen LogP contribution in [0.2, 0.25) is 0 Å². The average Bonchev–Trinajstić information content (AvgIpc) is 3.18. The molecule has 4 rings (SSSR count). The summed E-state index contributed by atoms with van der Waals surface area (Å²) in [6, 6.07) is 17.6. The van der Waals surface area contributed by atoms with Crippen molar-refractivity contribution >= 4 is 42.4 Å². The third-order valence-electron chi connectivity index (χ3n) is 4.35. The number of fused-ring (bicyclic) bond motifs is 1.